The van der Waals surface area contributed by atoms with E-state index in [1.165, 1.54) is 54.7 Å². The van der Waals surface area contributed by atoms with E-state index in [9.17, 15) is 18.9 Å². The maximum absolute atomic E-state index is 12.7. The SMILES string of the molecule is Nc1ncc2ncn([C@@H]3C[C@H](COP(=O)(O)Oc4ccc(Cl)cc4)[C@H]3COP(=O)(O)Oc3ccc(Cl)cc3)c2n1. The minimum absolute atomic E-state index is 0.0537. The molecule has 1 aliphatic rings. The van der Waals surface area contributed by atoms with Crippen LogP contribution in [-0.4, -0.2) is 42.5 Å². The van der Waals surface area contributed by atoms with Gasteiger partial charge in [-0.05, 0) is 60.9 Å². The lowest BCUT2D eigenvalue weighted by Crippen LogP contribution is -2.43. The predicted molar refractivity (Wildman–Crippen MR) is 146 cm³/mol. The minimum atomic E-state index is -4.54. The number of hydrogen-bond acceptors (Lipinski definition) is 10. The van der Waals surface area contributed by atoms with Crippen LogP contribution in [0.25, 0.3) is 11.2 Å². The van der Waals surface area contributed by atoms with Crippen molar-refractivity contribution in [3.63, 3.8) is 0 Å². The second-order valence-corrected chi connectivity index (χ2v) is 12.6. The largest absolute Gasteiger partial charge is 0.527 e. The summed E-state index contributed by atoms with van der Waals surface area (Å²) < 4.78 is 47.9. The van der Waals surface area contributed by atoms with Crippen LogP contribution in [0.1, 0.15) is 12.5 Å². The van der Waals surface area contributed by atoms with E-state index < -0.39 is 21.6 Å². The van der Waals surface area contributed by atoms with Crippen molar-refractivity contribution in [1.29, 1.82) is 0 Å². The Hall–Kier alpha value is -2.73. The van der Waals surface area contributed by atoms with Gasteiger partial charge in [-0.25, -0.2) is 19.1 Å². The maximum Gasteiger partial charge on any atom is 0.527 e. The van der Waals surface area contributed by atoms with Crippen LogP contribution >= 0.6 is 38.8 Å². The van der Waals surface area contributed by atoms with Gasteiger partial charge in [0.25, 0.3) is 0 Å². The summed E-state index contributed by atoms with van der Waals surface area (Å²) in [7, 11) is -9.04. The predicted octanol–water partition coefficient (Wildman–Crippen LogP) is 5.28. The second kappa shape index (κ2) is 11.6. The number of anilines is 1. The van der Waals surface area contributed by atoms with E-state index in [4.69, 9.17) is 47.0 Å². The molecule has 212 valence electrons. The van der Waals surface area contributed by atoms with Crippen LogP contribution in [0.15, 0.2) is 61.1 Å². The maximum atomic E-state index is 12.7. The molecular weight excluding hydrogens is 607 g/mol. The molecule has 2 aromatic carbocycles. The van der Waals surface area contributed by atoms with E-state index in [0.717, 1.165) is 0 Å². The number of nitrogens with two attached hydrogens (primary N) is 1. The first-order valence-electron chi connectivity index (χ1n) is 11.8. The van der Waals surface area contributed by atoms with Crippen molar-refractivity contribution in [2.75, 3.05) is 18.9 Å². The first-order valence-corrected chi connectivity index (χ1v) is 15.5. The summed E-state index contributed by atoms with van der Waals surface area (Å²) in [5.74, 6) is -0.596. The zero-order valence-corrected chi connectivity index (χ0v) is 23.8. The fourth-order valence-electron chi connectivity index (χ4n) is 4.30. The molecule has 2 aromatic heterocycles. The van der Waals surface area contributed by atoms with Gasteiger partial charge in [-0.1, -0.05) is 23.2 Å². The first kappa shape index (κ1) is 28.8. The number of hydrogen-bond donors (Lipinski definition) is 3. The van der Waals surface area contributed by atoms with E-state index >= 15 is 0 Å². The molecule has 2 heterocycles. The molecule has 0 amide bonds. The highest BCUT2D eigenvalue weighted by Crippen LogP contribution is 2.52. The summed E-state index contributed by atoms with van der Waals surface area (Å²) in [6, 6.07) is 11.4. The highest BCUT2D eigenvalue weighted by molar-refractivity contribution is 7.48. The van der Waals surface area contributed by atoms with Gasteiger partial charge in [0.15, 0.2) is 5.65 Å². The number of phosphoric ester groups is 2. The fourth-order valence-corrected chi connectivity index (χ4v) is 6.17. The number of halogens is 2. The monoisotopic (exact) mass is 629 g/mol. The number of rotatable bonds is 11. The minimum Gasteiger partial charge on any atom is -0.404 e. The number of fused-ring (bicyclic) bond motifs is 1. The summed E-state index contributed by atoms with van der Waals surface area (Å²) in [4.78, 5) is 33.1. The summed E-state index contributed by atoms with van der Waals surface area (Å²) in [6.45, 7) is -0.461. The van der Waals surface area contributed by atoms with Gasteiger partial charge < -0.3 is 19.3 Å². The van der Waals surface area contributed by atoms with Crippen LogP contribution in [0, 0.1) is 11.8 Å². The van der Waals surface area contributed by atoms with Gasteiger partial charge in [-0.3, -0.25) is 18.8 Å². The number of nitrogens with zero attached hydrogens (tertiary/aromatic N) is 4. The quantitative estimate of drug-likeness (QED) is 0.183. The van der Waals surface area contributed by atoms with Gasteiger partial charge in [0.1, 0.15) is 17.0 Å². The number of nitrogen functional groups attached to an aromatic ring is 1. The van der Waals surface area contributed by atoms with Gasteiger partial charge in [0.2, 0.25) is 5.95 Å². The fraction of sp³-hybridized carbons (Fsp3) is 0.261. The Morgan fingerprint density at radius 1 is 0.900 bits per heavy atom. The molecule has 5 atom stereocenters. The van der Waals surface area contributed by atoms with Crippen LogP contribution in [-0.2, 0) is 18.2 Å². The summed E-state index contributed by atoms with van der Waals surface area (Å²) in [5.41, 5.74) is 6.72. The average Bonchev–Trinajstić information content (AvgIpc) is 3.28. The van der Waals surface area contributed by atoms with Crippen molar-refractivity contribution in [2.24, 2.45) is 11.8 Å². The van der Waals surface area contributed by atoms with Gasteiger partial charge in [0, 0.05) is 22.0 Å². The van der Waals surface area contributed by atoms with Crippen LogP contribution in [0.5, 0.6) is 11.5 Å². The van der Waals surface area contributed by atoms with Gasteiger partial charge >= 0.3 is 15.6 Å². The van der Waals surface area contributed by atoms with E-state index in [0.29, 0.717) is 27.6 Å². The smallest absolute Gasteiger partial charge is 0.404 e. The molecular formula is C23H23Cl2N5O8P2. The third-order valence-electron chi connectivity index (χ3n) is 6.29. The van der Waals surface area contributed by atoms with E-state index in [2.05, 4.69) is 15.0 Å². The zero-order valence-electron chi connectivity index (χ0n) is 20.5. The van der Waals surface area contributed by atoms with Crippen molar-refractivity contribution >= 4 is 56.0 Å². The van der Waals surface area contributed by atoms with Gasteiger partial charge in [-0.2, -0.15) is 4.98 Å². The molecule has 5 rings (SSSR count). The molecule has 4 aromatic rings. The Morgan fingerprint density at radius 2 is 1.45 bits per heavy atom. The van der Waals surface area contributed by atoms with Gasteiger partial charge in [0.05, 0.1) is 25.7 Å². The molecule has 40 heavy (non-hydrogen) atoms. The van der Waals surface area contributed by atoms with Crippen LogP contribution in [0.2, 0.25) is 10.0 Å². The average molecular weight is 630 g/mol. The molecule has 2 unspecified atom stereocenters. The summed E-state index contributed by atoms with van der Waals surface area (Å²) >= 11 is 11.7. The Bertz CT molecular complexity index is 1590. The zero-order chi connectivity index (χ0) is 28.5. The first-order chi connectivity index (χ1) is 19.0. The standard InChI is InChI=1S/C23H23Cl2N5O8P2/c24-15-1-5-17(6-2-15)37-39(31,32)35-11-14-9-21(30-13-28-20-10-27-23(26)29-22(20)30)19(14)12-36-40(33,34)38-18-7-3-16(25)4-8-18/h1-8,10,13-14,19,21H,9,11-12H2,(H,31,32)(H,33,34)(H2,26,27,29)/t14-,19-,21-/m1/s1. The number of aromatic nitrogens is 4. The lowest BCUT2D eigenvalue weighted by Gasteiger charge is -2.45. The third-order valence-corrected chi connectivity index (χ3v) is 8.62. The van der Waals surface area contributed by atoms with E-state index in [1.807, 2.05) is 0 Å². The van der Waals surface area contributed by atoms with Crippen molar-refractivity contribution in [2.45, 2.75) is 12.5 Å². The van der Waals surface area contributed by atoms with Crippen molar-refractivity contribution in [3.8, 4) is 11.5 Å². The topological polar surface area (TPSA) is 181 Å². The molecule has 0 saturated heterocycles. The number of benzene rings is 2. The Morgan fingerprint density at radius 3 is 2.02 bits per heavy atom. The molecule has 0 radical (unpaired) electrons. The molecule has 1 saturated carbocycles. The van der Waals surface area contributed by atoms with E-state index in [-0.39, 0.29) is 42.6 Å². The van der Waals surface area contributed by atoms with Gasteiger partial charge in [-0.15, -0.1) is 0 Å². The Kier molecular flexibility index (Phi) is 8.37. The van der Waals surface area contributed by atoms with Crippen molar-refractivity contribution in [1.82, 2.24) is 19.5 Å². The Labute approximate surface area is 238 Å². The molecule has 13 nitrogen and oxygen atoms in total. The molecule has 1 aliphatic carbocycles. The van der Waals surface area contributed by atoms with E-state index in [1.54, 1.807) is 10.9 Å². The molecule has 0 aliphatic heterocycles. The molecule has 0 bridgehead atoms. The highest BCUT2D eigenvalue weighted by atomic mass is 35.5. The van der Waals surface area contributed by atoms with Crippen LogP contribution in [0.3, 0.4) is 0 Å². The Balaban J connectivity index is 1.30. The summed E-state index contributed by atoms with van der Waals surface area (Å²) in [6.07, 6.45) is 3.48. The second-order valence-electron chi connectivity index (χ2n) is 8.93. The van der Waals surface area contributed by atoms with Crippen molar-refractivity contribution in [3.05, 3.63) is 71.1 Å². The lowest BCUT2D eigenvalue weighted by molar-refractivity contribution is -0.00444. The molecule has 17 heteroatoms. The molecule has 4 N–H and O–H groups in total. The lowest BCUT2D eigenvalue weighted by atomic mass is 9.70. The molecule has 0 spiro atoms. The van der Waals surface area contributed by atoms with Crippen molar-refractivity contribution < 1.29 is 37.0 Å². The normalized spacial score (nSPS) is 21.8. The van der Waals surface area contributed by atoms with Crippen LogP contribution < -0.4 is 14.8 Å². The number of imidazole rings is 1. The summed E-state index contributed by atoms with van der Waals surface area (Å²) in [5, 5.41) is 0.865. The third kappa shape index (κ3) is 6.94. The highest BCUT2D eigenvalue weighted by Gasteiger charge is 2.45. The number of phosphoric acid groups is 2. The molecule has 1 fully saturated rings. The van der Waals surface area contributed by atoms with Crippen LogP contribution in [0.4, 0.5) is 5.95 Å².